The SMILES string of the molecule is COC(=O)C[C@H](c1ccc(C(C)C)cc1)c1oc(CN2C[C@@H]3C[C@H](C2)c2cccc(=O)n2C3)cc(=O)c1O. The van der Waals surface area contributed by atoms with E-state index in [0.717, 1.165) is 36.3 Å². The predicted octanol–water partition coefficient (Wildman–Crippen LogP) is 3.94. The minimum atomic E-state index is -0.671. The summed E-state index contributed by atoms with van der Waals surface area (Å²) in [6, 6.07) is 14.5. The molecule has 0 radical (unpaired) electrons. The molecule has 0 unspecified atom stereocenters. The maximum absolute atomic E-state index is 12.9. The standard InChI is InChI=1S/C30H34N2O6/c1-18(2)20-7-9-21(10-8-20)24(13-28(35)37-3)30-29(36)26(33)12-23(38-30)17-31-14-19-11-22(16-31)25-5-4-6-27(34)32(25)15-19/h4-10,12,18-19,22,24,36H,11,13-17H2,1-3H3/t19-,22+,24+/m0/s1. The number of piperidine rings is 1. The van der Waals surface area contributed by atoms with Crippen molar-refractivity contribution >= 4 is 5.97 Å². The number of carbonyl (C=O) groups is 1. The van der Waals surface area contributed by atoms with Crippen LogP contribution in [0.5, 0.6) is 5.75 Å². The number of esters is 1. The molecule has 2 bridgehead atoms. The number of likely N-dealkylation sites (tertiary alicyclic amines) is 1. The molecule has 2 aliphatic rings. The van der Waals surface area contributed by atoms with Crippen molar-refractivity contribution in [1.82, 2.24) is 9.47 Å². The average Bonchev–Trinajstić information content (AvgIpc) is 2.90. The smallest absolute Gasteiger partial charge is 0.306 e. The fraction of sp³-hybridized carbons (Fsp3) is 0.433. The molecule has 38 heavy (non-hydrogen) atoms. The van der Waals surface area contributed by atoms with E-state index in [1.807, 2.05) is 41.0 Å². The van der Waals surface area contributed by atoms with E-state index in [2.05, 4.69) is 18.7 Å². The van der Waals surface area contributed by atoms with E-state index in [9.17, 15) is 19.5 Å². The fourth-order valence-corrected chi connectivity index (χ4v) is 5.94. The number of rotatable bonds is 7. The van der Waals surface area contributed by atoms with Crippen molar-refractivity contribution in [1.29, 1.82) is 0 Å². The van der Waals surface area contributed by atoms with Gasteiger partial charge in [0.05, 0.1) is 26.0 Å². The minimum Gasteiger partial charge on any atom is -0.502 e. The second kappa shape index (κ2) is 10.6. The van der Waals surface area contributed by atoms with Crippen LogP contribution in [0.25, 0.3) is 0 Å². The summed E-state index contributed by atoms with van der Waals surface area (Å²) in [7, 11) is 1.31. The third-order valence-corrected chi connectivity index (χ3v) is 7.86. The van der Waals surface area contributed by atoms with Gasteiger partial charge in [0.15, 0.2) is 5.76 Å². The Balaban J connectivity index is 1.44. The van der Waals surface area contributed by atoms with E-state index in [4.69, 9.17) is 9.15 Å². The quantitative estimate of drug-likeness (QED) is 0.473. The van der Waals surface area contributed by atoms with Crippen molar-refractivity contribution in [2.24, 2.45) is 5.92 Å². The number of aromatic nitrogens is 1. The number of fused-ring (bicyclic) bond motifs is 4. The molecule has 1 fully saturated rings. The van der Waals surface area contributed by atoms with Crippen LogP contribution in [0.15, 0.2) is 62.5 Å². The normalized spacial score (nSPS) is 19.7. The molecule has 3 atom stereocenters. The lowest BCUT2D eigenvalue weighted by Crippen LogP contribution is -2.46. The first-order chi connectivity index (χ1) is 18.2. The lowest BCUT2D eigenvalue weighted by atomic mass is 9.83. The van der Waals surface area contributed by atoms with Crippen molar-refractivity contribution in [3.8, 4) is 5.75 Å². The zero-order valence-corrected chi connectivity index (χ0v) is 22.1. The number of carbonyl (C=O) groups excluding carboxylic acids is 1. The molecule has 3 aromatic rings. The predicted molar refractivity (Wildman–Crippen MR) is 142 cm³/mol. The van der Waals surface area contributed by atoms with Crippen LogP contribution >= 0.6 is 0 Å². The Hall–Kier alpha value is -3.65. The number of benzene rings is 1. The minimum absolute atomic E-state index is 0.0397. The first-order valence-electron chi connectivity index (χ1n) is 13.2. The summed E-state index contributed by atoms with van der Waals surface area (Å²) < 4.78 is 13.0. The molecule has 1 N–H and O–H groups in total. The molecule has 1 saturated heterocycles. The Morgan fingerprint density at radius 2 is 1.82 bits per heavy atom. The molecular weight excluding hydrogens is 484 g/mol. The van der Waals surface area contributed by atoms with Gasteiger partial charge < -0.3 is 18.8 Å². The van der Waals surface area contributed by atoms with Gasteiger partial charge in [0.1, 0.15) is 5.76 Å². The zero-order valence-electron chi connectivity index (χ0n) is 22.1. The van der Waals surface area contributed by atoms with Gasteiger partial charge in [-0.25, -0.2) is 0 Å². The van der Waals surface area contributed by atoms with Gasteiger partial charge in [0.25, 0.3) is 5.56 Å². The number of hydrogen-bond acceptors (Lipinski definition) is 7. The topological polar surface area (TPSA) is 102 Å². The van der Waals surface area contributed by atoms with Gasteiger partial charge >= 0.3 is 5.97 Å². The highest BCUT2D eigenvalue weighted by Gasteiger charge is 2.35. The zero-order chi connectivity index (χ0) is 27.0. The highest BCUT2D eigenvalue weighted by Crippen LogP contribution is 2.37. The van der Waals surface area contributed by atoms with E-state index in [-0.39, 0.29) is 23.7 Å². The maximum Gasteiger partial charge on any atom is 0.306 e. The number of hydrogen-bond donors (Lipinski definition) is 1. The summed E-state index contributed by atoms with van der Waals surface area (Å²) in [4.78, 5) is 39.8. The summed E-state index contributed by atoms with van der Waals surface area (Å²) in [5.74, 6) is -0.218. The molecule has 0 aliphatic carbocycles. The molecule has 5 rings (SSSR count). The van der Waals surface area contributed by atoms with Crippen LogP contribution in [-0.2, 0) is 22.6 Å². The van der Waals surface area contributed by atoms with Gasteiger partial charge in [-0.05, 0) is 35.4 Å². The second-order valence-electron chi connectivity index (χ2n) is 10.8. The highest BCUT2D eigenvalue weighted by atomic mass is 16.5. The molecular formula is C30H34N2O6. The third-order valence-electron chi connectivity index (χ3n) is 7.86. The van der Waals surface area contributed by atoms with E-state index >= 15 is 0 Å². The number of methoxy groups -OCH3 is 1. The number of nitrogens with zero attached hydrogens (tertiary/aromatic N) is 2. The van der Waals surface area contributed by atoms with Crippen molar-refractivity contribution < 1.29 is 19.1 Å². The van der Waals surface area contributed by atoms with E-state index in [1.165, 1.54) is 13.2 Å². The number of ether oxygens (including phenoxy) is 1. The summed E-state index contributed by atoms with van der Waals surface area (Å²) >= 11 is 0. The summed E-state index contributed by atoms with van der Waals surface area (Å²) in [5.41, 5.74) is 2.45. The third kappa shape index (κ3) is 5.18. The molecule has 0 amide bonds. The fourth-order valence-electron chi connectivity index (χ4n) is 5.94. The molecule has 8 nitrogen and oxygen atoms in total. The maximum atomic E-state index is 12.9. The molecule has 1 aromatic carbocycles. The van der Waals surface area contributed by atoms with Gasteiger partial charge in [-0.2, -0.15) is 0 Å². The van der Waals surface area contributed by atoms with Gasteiger partial charge in [-0.1, -0.05) is 44.2 Å². The monoisotopic (exact) mass is 518 g/mol. The first kappa shape index (κ1) is 26.0. The molecule has 2 aliphatic heterocycles. The van der Waals surface area contributed by atoms with Crippen LogP contribution < -0.4 is 11.0 Å². The Bertz CT molecular complexity index is 1440. The van der Waals surface area contributed by atoms with Crippen LogP contribution in [0, 0.1) is 5.92 Å². The van der Waals surface area contributed by atoms with E-state index < -0.39 is 23.1 Å². The van der Waals surface area contributed by atoms with Crippen molar-refractivity contribution in [2.75, 3.05) is 20.2 Å². The number of pyridine rings is 1. The lowest BCUT2D eigenvalue weighted by Gasteiger charge is -2.42. The average molecular weight is 519 g/mol. The van der Waals surface area contributed by atoms with Crippen LogP contribution in [0.2, 0.25) is 0 Å². The molecule has 4 heterocycles. The summed E-state index contributed by atoms with van der Waals surface area (Å²) in [6.07, 6.45) is 0.954. The Morgan fingerprint density at radius 3 is 2.53 bits per heavy atom. The van der Waals surface area contributed by atoms with Crippen LogP contribution in [-0.4, -0.2) is 40.7 Å². The van der Waals surface area contributed by atoms with Crippen molar-refractivity contribution in [3.05, 3.63) is 97.4 Å². The lowest BCUT2D eigenvalue weighted by molar-refractivity contribution is -0.140. The summed E-state index contributed by atoms with van der Waals surface area (Å²) in [6.45, 7) is 6.79. The van der Waals surface area contributed by atoms with E-state index in [1.54, 1.807) is 6.07 Å². The Labute approximate surface area is 221 Å². The molecule has 200 valence electrons. The van der Waals surface area contributed by atoms with E-state index in [0.29, 0.717) is 30.7 Å². The molecule has 0 spiro atoms. The van der Waals surface area contributed by atoms with Gasteiger partial charge in [-0.3, -0.25) is 19.3 Å². The highest BCUT2D eigenvalue weighted by molar-refractivity contribution is 5.71. The molecule has 0 saturated carbocycles. The van der Waals surface area contributed by atoms with Crippen LogP contribution in [0.1, 0.15) is 72.8 Å². The largest absolute Gasteiger partial charge is 0.502 e. The first-order valence-corrected chi connectivity index (χ1v) is 13.2. The van der Waals surface area contributed by atoms with Crippen molar-refractivity contribution in [3.63, 3.8) is 0 Å². The number of aromatic hydroxyl groups is 1. The van der Waals surface area contributed by atoms with Crippen LogP contribution in [0.3, 0.4) is 0 Å². The van der Waals surface area contributed by atoms with Gasteiger partial charge in [0, 0.05) is 43.4 Å². The van der Waals surface area contributed by atoms with Crippen LogP contribution in [0.4, 0.5) is 0 Å². The molecule has 8 heteroatoms. The van der Waals surface area contributed by atoms with Crippen molar-refractivity contribution in [2.45, 2.75) is 57.5 Å². The van der Waals surface area contributed by atoms with Gasteiger partial charge in [-0.15, -0.1) is 0 Å². The summed E-state index contributed by atoms with van der Waals surface area (Å²) in [5, 5.41) is 10.8. The second-order valence-corrected chi connectivity index (χ2v) is 10.8. The Kier molecular flexibility index (Phi) is 7.25. The Morgan fingerprint density at radius 1 is 1.08 bits per heavy atom. The van der Waals surface area contributed by atoms with Gasteiger partial charge in [0.2, 0.25) is 11.2 Å². The molecule has 2 aromatic heterocycles.